The summed E-state index contributed by atoms with van der Waals surface area (Å²) in [5.74, 6) is 0.674. The molecule has 0 aliphatic rings. The first-order valence-electron chi connectivity index (χ1n) is 17.9. The van der Waals surface area contributed by atoms with Crippen LogP contribution in [0.15, 0.2) is 94.0 Å². The molecule has 2 aromatic heterocycles. The first kappa shape index (κ1) is 39.3. The first-order chi connectivity index (χ1) is 27.5. The van der Waals surface area contributed by atoms with E-state index in [9.17, 15) is 20.1 Å². The average molecular weight is 768 g/mol. The summed E-state index contributed by atoms with van der Waals surface area (Å²) < 4.78 is 32.9. The maximum Gasteiger partial charge on any atom is 0.323 e. The van der Waals surface area contributed by atoms with Crippen molar-refractivity contribution in [3.63, 3.8) is 0 Å². The molecule has 288 valence electrons. The molecule has 1 atom stereocenters. The second kappa shape index (κ2) is 17.9. The van der Waals surface area contributed by atoms with E-state index in [2.05, 4.69) is 32.4 Å². The van der Waals surface area contributed by atoms with Crippen LogP contribution in [-0.4, -0.2) is 50.5 Å². The van der Waals surface area contributed by atoms with Gasteiger partial charge in [0, 0.05) is 22.3 Å². The minimum Gasteiger partial charge on any atom is -0.490 e. The summed E-state index contributed by atoms with van der Waals surface area (Å²) in [6, 6.07) is 27.1. The van der Waals surface area contributed by atoms with Gasteiger partial charge in [0.25, 0.3) is 11.8 Å². The molecule has 0 aliphatic heterocycles. The standard InChI is InChI=1S/C42H37N7O8/c1-24(2)54-35-15-13-30(17-32(35)20-43)40-46-38(48-56-40)28-9-5-26(6-10-28)22-52-37(50)19-34(45)42(51)53-23-27-7-11-29(12-8-27)39-47-41(57-49-39)31-14-16-36(55-25(3)4)33(18-31)21-44/h5-18,24-25,34H,19,22-23,45H2,1-4H3/t34-/m0/s1. The van der Waals surface area contributed by atoms with Gasteiger partial charge in [-0.05, 0) is 75.2 Å². The van der Waals surface area contributed by atoms with Gasteiger partial charge in [-0.15, -0.1) is 0 Å². The normalized spacial score (nSPS) is 11.5. The second-order valence-corrected chi connectivity index (χ2v) is 13.3. The summed E-state index contributed by atoms with van der Waals surface area (Å²) in [6.07, 6.45) is -0.539. The molecular weight excluding hydrogens is 731 g/mol. The third kappa shape index (κ3) is 10.0. The third-order valence-electron chi connectivity index (χ3n) is 8.17. The molecular formula is C42H37N7O8. The minimum absolute atomic E-state index is 0.0469. The Labute approximate surface area is 327 Å². The highest BCUT2D eigenvalue weighted by Gasteiger charge is 2.21. The highest BCUT2D eigenvalue weighted by Crippen LogP contribution is 2.30. The third-order valence-corrected chi connectivity index (χ3v) is 8.17. The molecule has 0 spiro atoms. The Morgan fingerprint density at radius 1 is 0.649 bits per heavy atom. The molecule has 0 unspecified atom stereocenters. The molecule has 15 heteroatoms. The van der Waals surface area contributed by atoms with E-state index in [0.29, 0.717) is 67.7 Å². The Morgan fingerprint density at radius 3 is 1.49 bits per heavy atom. The first-order valence-corrected chi connectivity index (χ1v) is 17.9. The molecule has 0 saturated heterocycles. The Hall–Kier alpha value is -7.36. The van der Waals surface area contributed by atoms with Gasteiger partial charge in [0.15, 0.2) is 0 Å². The minimum atomic E-state index is -1.22. The molecule has 2 N–H and O–H groups in total. The van der Waals surface area contributed by atoms with Crippen LogP contribution >= 0.6 is 0 Å². The maximum absolute atomic E-state index is 12.6. The molecule has 0 aliphatic carbocycles. The van der Waals surface area contributed by atoms with E-state index >= 15 is 0 Å². The summed E-state index contributed by atoms with van der Waals surface area (Å²) >= 11 is 0. The molecule has 4 aromatic carbocycles. The molecule has 0 radical (unpaired) electrons. The van der Waals surface area contributed by atoms with E-state index in [1.165, 1.54) is 0 Å². The quantitative estimate of drug-likeness (QED) is 0.104. The van der Waals surface area contributed by atoms with Crippen LogP contribution in [0.2, 0.25) is 0 Å². The molecule has 6 rings (SSSR count). The van der Waals surface area contributed by atoms with E-state index in [4.69, 9.17) is 33.7 Å². The fourth-order valence-corrected chi connectivity index (χ4v) is 5.38. The van der Waals surface area contributed by atoms with E-state index < -0.39 is 18.0 Å². The van der Waals surface area contributed by atoms with Gasteiger partial charge in [0.1, 0.15) is 42.9 Å². The lowest BCUT2D eigenvalue weighted by Gasteiger charge is -2.12. The number of hydrogen-bond acceptors (Lipinski definition) is 15. The van der Waals surface area contributed by atoms with Crippen LogP contribution in [0.1, 0.15) is 56.4 Å². The molecule has 15 nitrogen and oxygen atoms in total. The van der Waals surface area contributed by atoms with Crippen molar-refractivity contribution in [1.82, 2.24) is 20.3 Å². The topological polar surface area (TPSA) is 222 Å². The number of ether oxygens (including phenoxy) is 4. The van der Waals surface area contributed by atoms with Crippen LogP contribution in [0.3, 0.4) is 0 Å². The monoisotopic (exact) mass is 767 g/mol. The summed E-state index contributed by atoms with van der Waals surface area (Å²) in [4.78, 5) is 34.0. The zero-order chi connectivity index (χ0) is 40.5. The summed E-state index contributed by atoms with van der Waals surface area (Å²) in [7, 11) is 0. The number of aromatic nitrogens is 4. The van der Waals surface area contributed by atoms with E-state index in [1.54, 1.807) is 84.9 Å². The van der Waals surface area contributed by atoms with Crippen LogP contribution in [0.4, 0.5) is 0 Å². The van der Waals surface area contributed by atoms with Crippen LogP contribution in [-0.2, 0) is 32.3 Å². The van der Waals surface area contributed by atoms with E-state index in [0.717, 1.165) is 0 Å². The average Bonchev–Trinajstić information content (AvgIpc) is 3.91. The van der Waals surface area contributed by atoms with E-state index in [1.807, 2.05) is 27.7 Å². The number of benzene rings is 4. The van der Waals surface area contributed by atoms with Gasteiger partial charge in [-0.2, -0.15) is 20.5 Å². The Kier molecular flexibility index (Phi) is 12.3. The predicted molar refractivity (Wildman–Crippen MR) is 203 cm³/mol. The van der Waals surface area contributed by atoms with Gasteiger partial charge in [0.2, 0.25) is 11.6 Å². The Balaban J connectivity index is 0.950. The highest BCUT2D eigenvalue weighted by molar-refractivity contribution is 5.82. The van der Waals surface area contributed by atoms with Crippen molar-refractivity contribution in [3.05, 3.63) is 107 Å². The number of nitriles is 2. The number of nitrogens with two attached hydrogens (primary N) is 1. The van der Waals surface area contributed by atoms with Crippen LogP contribution in [0.5, 0.6) is 11.5 Å². The molecule has 0 saturated carbocycles. The van der Waals surface area contributed by atoms with Gasteiger partial charge in [-0.25, -0.2) is 0 Å². The van der Waals surface area contributed by atoms with Gasteiger partial charge < -0.3 is 33.7 Å². The smallest absolute Gasteiger partial charge is 0.323 e. The zero-order valence-corrected chi connectivity index (χ0v) is 31.5. The summed E-state index contributed by atoms with van der Waals surface area (Å²) in [5, 5.41) is 27.2. The molecule has 0 amide bonds. The fourth-order valence-electron chi connectivity index (χ4n) is 5.38. The van der Waals surface area contributed by atoms with Gasteiger partial charge in [-0.1, -0.05) is 58.8 Å². The van der Waals surface area contributed by atoms with Gasteiger partial charge in [0.05, 0.1) is 29.8 Å². The van der Waals surface area contributed by atoms with Crippen molar-refractivity contribution in [2.24, 2.45) is 5.73 Å². The number of rotatable bonds is 15. The van der Waals surface area contributed by atoms with Crippen molar-refractivity contribution in [1.29, 1.82) is 10.5 Å². The van der Waals surface area contributed by atoms with E-state index in [-0.39, 0.29) is 43.6 Å². The van der Waals surface area contributed by atoms with Crippen molar-refractivity contribution < 1.29 is 37.6 Å². The summed E-state index contributed by atoms with van der Waals surface area (Å²) in [6.45, 7) is 7.40. The van der Waals surface area contributed by atoms with Crippen molar-refractivity contribution >= 4 is 11.9 Å². The summed E-state index contributed by atoms with van der Waals surface area (Å²) in [5.41, 5.74) is 10.5. The zero-order valence-electron chi connectivity index (χ0n) is 31.5. The van der Waals surface area contributed by atoms with Crippen molar-refractivity contribution in [2.45, 2.75) is 65.6 Å². The number of esters is 2. The molecule has 0 fully saturated rings. The number of nitrogens with zero attached hydrogens (tertiary/aromatic N) is 6. The van der Waals surface area contributed by atoms with Crippen molar-refractivity contribution in [2.75, 3.05) is 0 Å². The number of carbonyl (C=O) groups is 2. The highest BCUT2D eigenvalue weighted by atomic mass is 16.5. The Bertz CT molecular complexity index is 2440. The fraction of sp³-hybridized carbons (Fsp3) is 0.238. The second-order valence-electron chi connectivity index (χ2n) is 13.3. The van der Waals surface area contributed by atoms with Gasteiger partial charge >= 0.3 is 11.9 Å². The van der Waals surface area contributed by atoms with Crippen LogP contribution < -0.4 is 15.2 Å². The number of hydrogen-bond donors (Lipinski definition) is 1. The lowest BCUT2D eigenvalue weighted by Crippen LogP contribution is -2.35. The number of carbonyl (C=O) groups excluding carboxylic acids is 2. The predicted octanol–water partition coefficient (Wildman–Crippen LogP) is 6.94. The SMILES string of the molecule is CC(C)Oc1ccc(-c2nc(-c3ccc(COC(=O)C[C@H](N)C(=O)OCc4ccc(-c5noc(-c6ccc(OC(C)C)c(C#N)c6)n5)cc4)cc3)no2)cc1C#N. The molecule has 2 heterocycles. The van der Waals surface area contributed by atoms with Crippen LogP contribution in [0, 0.1) is 22.7 Å². The molecule has 0 bridgehead atoms. The largest absolute Gasteiger partial charge is 0.490 e. The maximum atomic E-state index is 12.6. The lowest BCUT2D eigenvalue weighted by atomic mass is 10.1. The Morgan fingerprint density at radius 2 is 1.07 bits per heavy atom. The van der Waals surface area contributed by atoms with Crippen molar-refractivity contribution in [3.8, 4) is 69.3 Å². The lowest BCUT2D eigenvalue weighted by molar-refractivity contribution is -0.153. The van der Waals surface area contributed by atoms with Crippen LogP contribution in [0.25, 0.3) is 45.7 Å². The van der Waals surface area contributed by atoms with Gasteiger partial charge in [-0.3, -0.25) is 9.59 Å². The molecule has 57 heavy (non-hydrogen) atoms. The molecule has 6 aromatic rings.